The lowest BCUT2D eigenvalue weighted by Gasteiger charge is -2.30. The molecule has 0 radical (unpaired) electrons. The van der Waals surface area contributed by atoms with Gasteiger partial charge in [0.05, 0.1) is 12.7 Å². The molecular formula is C12H21NO2. The Hall–Kier alpha value is -1.04. The van der Waals surface area contributed by atoms with Gasteiger partial charge in [-0.05, 0) is 25.2 Å². The van der Waals surface area contributed by atoms with E-state index in [9.17, 15) is 4.79 Å². The van der Waals surface area contributed by atoms with Crippen LogP contribution in [0.5, 0.6) is 0 Å². The maximum atomic E-state index is 11.6. The molecular weight excluding hydrogens is 190 g/mol. The van der Waals surface area contributed by atoms with Gasteiger partial charge in [-0.2, -0.15) is 5.26 Å². The van der Waals surface area contributed by atoms with Crippen LogP contribution in [0.4, 0.5) is 0 Å². The number of carbonyl (C=O) groups is 1. The van der Waals surface area contributed by atoms with Crippen molar-refractivity contribution in [2.75, 3.05) is 6.61 Å². The van der Waals surface area contributed by atoms with E-state index in [1.807, 2.05) is 13.8 Å². The highest BCUT2D eigenvalue weighted by Gasteiger charge is 2.38. The normalized spacial score (nSPS) is 16.2. The monoisotopic (exact) mass is 211 g/mol. The predicted octanol–water partition coefficient (Wildman–Crippen LogP) is 2.91. The van der Waals surface area contributed by atoms with Crippen LogP contribution in [0.1, 0.15) is 47.0 Å². The minimum Gasteiger partial charge on any atom is -0.465 e. The van der Waals surface area contributed by atoms with Gasteiger partial charge in [-0.15, -0.1) is 0 Å². The molecule has 0 saturated heterocycles. The van der Waals surface area contributed by atoms with Crippen LogP contribution in [-0.4, -0.2) is 12.6 Å². The average molecular weight is 211 g/mol. The Kier molecular flexibility index (Phi) is 6.00. The minimum absolute atomic E-state index is 0.254. The van der Waals surface area contributed by atoms with Crippen LogP contribution >= 0.6 is 0 Å². The zero-order valence-electron chi connectivity index (χ0n) is 10.2. The number of hydrogen-bond acceptors (Lipinski definition) is 3. The van der Waals surface area contributed by atoms with Gasteiger partial charge in [0.15, 0.2) is 0 Å². The van der Waals surface area contributed by atoms with Crippen molar-refractivity contribution < 1.29 is 9.53 Å². The second-order valence-corrected chi connectivity index (χ2v) is 4.07. The molecule has 86 valence electrons. The first-order chi connectivity index (χ1) is 7.05. The summed E-state index contributed by atoms with van der Waals surface area (Å²) in [5.74, 6) is -1.01. The lowest BCUT2D eigenvalue weighted by molar-refractivity contribution is -0.150. The van der Waals surface area contributed by atoms with Gasteiger partial charge < -0.3 is 4.74 Å². The van der Waals surface area contributed by atoms with Gasteiger partial charge in [0.25, 0.3) is 0 Å². The summed E-state index contributed by atoms with van der Waals surface area (Å²) < 4.78 is 4.93. The fourth-order valence-electron chi connectivity index (χ4n) is 1.82. The first-order valence-electron chi connectivity index (χ1n) is 5.61. The Balaban J connectivity index is 4.76. The first-order valence-corrected chi connectivity index (χ1v) is 5.61. The smallest absolute Gasteiger partial charge is 0.323 e. The van der Waals surface area contributed by atoms with E-state index < -0.39 is 5.92 Å². The third-order valence-corrected chi connectivity index (χ3v) is 2.98. The fourth-order valence-corrected chi connectivity index (χ4v) is 1.82. The summed E-state index contributed by atoms with van der Waals surface area (Å²) in [7, 11) is 0. The molecule has 0 aromatic rings. The van der Waals surface area contributed by atoms with E-state index in [1.165, 1.54) is 0 Å². The molecule has 0 N–H and O–H groups in total. The molecule has 2 unspecified atom stereocenters. The van der Waals surface area contributed by atoms with Crippen molar-refractivity contribution in [2.24, 2.45) is 11.3 Å². The van der Waals surface area contributed by atoms with Crippen molar-refractivity contribution >= 4 is 5.97 Å². The highest BCUT2D eigenvalue weighted by molar-refractivity contribution is 5.76. The number of carbonyl (C=O) groups excluding carboxylic acids is 1. The summed E-state index contributed by atoms with van der Waals surface area (Å²) in [5, 5.41) is 9.07. The number of nitriles is 1. The van der Waals surface area contributed by atoms with Crippen molar-refractivity contribution in [1.29, 1.82) is 5.26 Å². The third-order valence-electron chi connectivity index (χ3n) is 2.98. The van der Waals surface area contributed by atoms with E-state index in [0.29, 0.717) is 6.61 Å². The van der Waals surface area contributed by atoms with Crippen LogP contribution in [0.2, 0.25) is 0 Å². The van der Waals surface area contributed by atoms with Crippen LogP contribution in [0, 0.1) is 22.7 Å². The summed E-state index contributed by atoms with van der Waals surface area (Å²) in [4.78, 5) is 11.6. The van der Waals surface area contributed by atoms with Crippen LogP contribution in [0.25, 0.3) is 0 Å². The predicted molar refractivity (Wildman–Crippen MR) is 59.0 cm³/mol. The molecule has 3 heteroatoms. The summed E-state index contributed by atoms with van der Waals surface area (Å²) in [5.41, 5.74) is -0.254. The zero-order chi connectivity index (χ0) is 11.9. The van der Waals surface area contributed by atoms with Gasteiger partial charge in [-0.25, -0.2) is 0 Å². The maximum Gasteiger partial charge on any atom is 0.323 e. The second-order valence-electron chi connectivity index (χ2n) is 4.07. The Morgan fingerprint density at radius 1 is 1.47 bits per heavy atom. The molecule has 0 aliphatic carbocycles. The molecule has 0 heterocycles. The molecule has 0 bridgehead atoms. The van der Waals surface area contributed by atoms with E-state index in [1.54, 1.807) is 6.92 Å². The van der Waals surface area contributed by atoms with Gasteiger partial charge in [0.2, 0.25) is 0 Å². The van der Waals surface area contributed by atoms with Crippen molar-refractivity contribution in [1.82, 2.24) is 0 Å². The standard InChI is InChI=1S/C12H21NO2/c1-5-8-12(4,6-2)10(9-13)11(14)15-7-3/h10H,5-8H2,1-4H3. The molecule has 0 spiro atoms. The molecule has 0 rings (SSSR count). The average Bonchev–Trinajstić information content (AvgIpc) is 2.19. The molecule has 0 aliphatic rings. The van der Waals surface area contributed by atoms with Crippen molar-refractivity contribution in [3.05, 3.63) is 0 Å². The molecule has 0 fully saturated rings. The molecule has 0 amide bonds. The number of hydrogen-bond donors (Lipinski definition) is 0. The summed E-state index contributed by atoms with van der Waals surface area (Å²) in [6, 6.07) is 2.09. The maximum absolute atomic E-state index is 11.6. The molecule has 0 aliphatic heterocycles. The van der Waals surface area contributed by atoms with Gasteiger partial charge in [-0.3, -0.25) is 4.79 Å². The SMILES string of the molecule is CCCC(C)(CC)C(C#N)C(=O)OCC. The first kappa shape index (κ1) is 14.0. The molecule has 0 aromatic heterocycles. The van der Waals surface area contributed by atoms with E-state index in [4.69, 9.17) is 10.00 Å². The highest BCUT2D eigenvalue weighted by atomic mass is 16.5. The highest BCUT2D eigenvalue weighted by Crippen LogP contribution is 2.36. The Morgan fingerprint density at radius 2 is 2.07 bits per heavy atom. The van der Waals surface area contributed by atoms with Gasteiger partial charge in [-0.1, -0.05) is 27.2 Å². The topological polar surface area (TPSA) is 50.1 Å². The van der Waals surface area contributed by atoms with E-state index in [-0.39, 0.29) is 11.4 Å². The molecule has 3 nitrogen and oxygen atoms in total. The number of rotatable bonds is 6. The summed E-state index contributed by atoms with van der Waals surface area (Å²) in [6.07, 6.45) is 2.67. The zero-order valence-corrected chi connectivity index (χ0v) is 10.2. The largest absolute Gasteiger partial charge is 0.465 e. The van der Waals surface area contributed by atoms with E-state index in [2.05, 4.69) is 13.0 Å². The van der Waals surface area contributed by atoms with Crippen molar-refractivity contribution in [3.63, 3.8) is 0 Å². The van der Waals surface area contributed by atoms with Gasteiger partial charge in [0.1, 0.15) is 5.92 Å². The quantitative estimate of drug-likeness (QED) is 0.635. The Labute approximate surface area is 92.4 Å². The molecule has 0 saturated carbocycles. The van der Waals surface area contributed by atoms with E-state index >= 15 is 0 Å². The summed E-state index contributed by atoms with van der Waals surface area (Å²) >= 11 is 0. The van der Waals surface area contributed by atoms with Crippen LogP contribution < -0.4 is 0 Å². The molecule has 15 heavy (non-hydrogen) atoms. The van der Waals surface area contributed by atoms with Crippen molar-refractivity contribution in [3.8, 4) is 6.07 Å². The van der Waals surface area contributed by atoms with Gasteiger partial charge in [0, 0.05) is 0 Å². The number of nitrogens with zero attached hydrogens (tertiary/aromatic N) is 1. The van der Waals surface area contributed by atoms with Crippen LogP contribution in [-0.2, 0) is 9.53 Å². The van der Waals surface area contributed by atoms with Crippen molar-refractivity contribution in [2.45, 2.75) is 47.0 Å². The summed E-state index contributed by atoms with van der Waals surface area (Å²) in [6.45, 7) is 8.16. The lowest BCUT2D eigenvalue weighted by atomic mass is 9.72. The van der Waals surface area contributed by atoms with Crippen LogP contribution in [0.15, 0.2) is 0 Å². The molecule has 0 aromatic carbocycles. The minimum atomic E-state index is -0.637. The van der Waals surface area contributed by atoms with E-state index in [0.717, 1.165) is 19.3 Å². The lowest BCUT2D eigenvalue weighted by Crippen LogP contribution is -2.33. The Morgan fingerprint density at radius 3 is 2.40 bits per heavy atom. The second kappa shape index (κ2) is 6.44. The fraction of sp³-hybridized carbons (Fsp3) is 0.833. The Bertz CT molecular complexity index is 244. The van der Waals surface area contributed by atoms with Gasteiger partial charge >= 0.3 is 5.97 Å². The number of ether oxygens (including phenoxy) is 1. The van der Waals surface area contributed by atoms with Crippen LogP contribution in [0.3, 0.4) is 0 Å². The number of esters is 1. The molecule has 2 atom stereocenters. The third kappa shape index (κ3) is 3.54.